The summed E-state index contributed by atoms with van der Waals surface area (Å²) in [5.74, 6) is -0.961. The number of nitrogens with zero attached hydrogens (tertiary/aromatic N) is 1. The predicted molar refractivity (Wildman–Crippen MR) is 96.1 cm³/mol. The summed E-state index contributed by atoms with van der Waals surface area (Å²) in [5.41, 5.74) is 3.26. The summed E-state index contributed by atoms with van der Waals surface area (Å²) >= 11 is 1.66. The third kappa shape index (κ3) is 3.21. The van der Waals surface area contributed by atoms with E-state index in [9.17, 15) is 9.18 Å². The molecule has 0 atom stereocenters. The van der Waals surface area contributed by atoms with E-state index in [4.69, 9.17) is 0 Å². The number of carbonyl (C=O) groups excluding carboxylic acids is 1. The summed E-state index contributed by atoms with van der Waals surface area (Å²) < 4.78 is 13.9. The van der Waals surface area contributed by atoms with E-state index in [-0.39, 0.29) is 5.56 Å². The normalized spacial score (nSPS) is 10.7. The molecule has 0 spiro atoms. The standard InChI is InChI=1S/C19H17FN2OS/c1-11-5-4-6-16(20)17(11)19(23)22-15-9-7-14(8-10-15)18-12(2)24-13(3)21-18/h4-10H,1-3H3,(H,22,23). The van der Waals surface area contributed by atoms with Gasteiger partial charge in [0.15, 0.2) is 0 Å². The monoisotopic (exact) mass is 340 g/mol. The fourth-order valence-electron chi connectivity index (χ4n) is 2.62. The van der Waals surface area contributed by atoms with E-state index >= 15 is 0 Å². The van der Waals surface area contributed by atoms with Crippen LogP contribution in [-0.4, -0.2) is 10.9 Å². The molecular formula is C19H17FN2OS. The topological polar surface area (TPSA) is 42.0 Å². The van der Waals surface area contributed by atoms with Crippen LogP contribution in [0.4, 0.5) is 10.1 Å². The third-order valence-electron chi connectivity index (χ3n) is 3.77. The van der Waals surface area contributed by atoms with E-state index in [0.29, 0.717) is 11.3 Å². The lowest BCUT2D eigenvalue weighted by Gasteiger charge is -2.09. The van der Waals surface area contributed by atoms with Crippen LogP contribution >= 0.6 is 11.3 Å². The molecule has 122 valence electrons. The Morgan fingerprint density at radius 1 is 1.08 bits per heavy atom. The van der Waals surface area contributed by atoms with Crippen molar-refractivity contribution < 1.29 is 9.18 Å². The summed E-state index contributed by atoms with van der Waals surface area (Å²) in [6, 6.07) is 12.0. The Kier molecular flexibility index (Phi) is 4.44. The number of hydrogen-bond acceptors (Lipinski definition) is 3. The van der Waals surface area contributed by atoms with Gasteiger partial charge in [-0.15, -0.1) is 11.3 Å². The largest absolute Gasteiger partial charge is 0.322 e. The molecular weight excluding hydrogens is 323 g/mol. The minimum absolute atomic E-state index is 0.0764. The van der Waals surface area contributed by atoms with Crippen molar-refractivity contribution in [2.24, 2.45) is 0 Å². The Hall–Kier alpha value is -2.53. The summed E-state index contributed by atoms with van der Waals surface area (Å²) in [7, 11) is 0. The molecule has 2 aromatic carbocycles. The van der Waals surface area contributed by atoms with E-state index in [1.807, 2.05) is 26.0 Å². The van der Waals surface area contributed by atoms with E-state index < -0.39 is 11.7 Å². The van der Waals surface area contributed by atoms with Crippen molar-refractivity contribution in [1.29, 1.82) is 0 Å². The minimum Gasteiger partial charge on any atom is -0.322 e. The van der Waals surface area contributed by atoms with Crippen LogP contribution < -0.4 is 5.32 Å². The molecule has 1 aromatic heterocycles. The second-order valence-corrected chi connectivity index (χ2v) is 7.01. The van der Waals surface area contributed by atoms with Gasteiger partial charge in [-0.1, -0.05) is 24.3 Å². The highest BCUT2D eigenvalue weighted by Gasteiger charge is 2.15. The lowest BCUT2D eigenvalue weighted by Crippen LogP contribution is -2.15. The molecule has 0 saturated carbocycles. The highest BCUT2D eigenvalue weighted by atomic mass is 32.1. The lowest BCUT2D eigenvalue weighted by atomic mass is 10.1. The maximum absolute atomic E-state index is 13.9. The van der Waals surface area contributed by atoms with Gasteiger partial charge in [-0.2, -0.15) is 0 Å². The van der Waals surface area contributed by atoms with Crippen molar-refractivity contribution in [3.8, 4) is 11.3 Å². The molecule has 1 N–H and O–H groups in total. The van der Waals surface area contributed by atoms with Crippen molar-refractivity contribution in [3.05, 3.63) is 69.3 Å². The van der Waals surface area contributed by atoms with Gasteiger partial charge >= 0.3 is 0 Å². The fraction of sp³-hybridized carbons (Fsp3) is 0.158. The number of nitrogens with one attached hydrogen (secondary N) is 1. The predicted octanol–water partition coefficient (Wildman–Crippen LogP) is 5.13. The lowest BCUT2D eigenvalue weighted by molar-refractivity contribution is 0.102. The van der Waals surface area contributed by atoms with Crippen molar-refractivity contribution in [2.75, 3.05) is 5.32 Å². The number of halogens is 1. The van der Waals surface area contributed by atoms with Crippen LogP contribution in [0.25, 0.3) is 11.3 Å². The maximum Gasteiger partial charge on any atom is 0.258 e. The highest BCUT2D eigenvalue weighted by Crippen LogP contribution is 2.28. The van der Waals surface area contributed by atoms with Gasteiger partial charge in [0.05, 0.1) is 16.3 Å². The second kappa shape index (κ2) is 6.53. The van der Waals surface area contributed by atoms with Gasteiger partial charge in [0.25, 0.3) is 5.91 Å². The number of anilines is 1. The molecule has 0 radical (unpaired) electrons. The number of thiazole rings is 1. The van der Waals surface area contributed by atoms with Gasteiger partial charge in [0.1, 0.15) is 5.82 Å². The molecule has 5 heteroatoms. The summed E-state index contributed by atoms with van der Waals surface area (Å²) in [6.07, 6.45) is 0. The molecule has 3 nitrogen and oxygen atoms in total. The first-order valence-corrected chi connectivity index (χ1v) is 8.38. The number of carbonyl (C=O) groups is 1. The first-order valence-electron chi connectivity index (χ1n) is 7.56. The fourth-order valence-corrected chi connectivity index (χ4v) is 3.46. The van der Waals surface area contributed by atoms with Crippen LogP contribution in [0.3, 0.4) is 0 Å². The average molecular weight is 340 g/mol. The van der Waals surface area contributed by atoms with Crippen LogP contribution in [0, 0.1) is 26.6 Å². The number of rotatable bonds is 3. The zero-order valence-electron chi connectivity index (χ0n) is 13.7. The second-order valence-electron chi connectivity index (χ2n) is 5.60. The molecule has 0 aliphatic heterocycles. The van der Waals surface area contributed by atoms with Gasteiger partial charge in [0, 0.05) is 16.1 Å². The molecule has 24 heavy (non-hydrogen) atoms. The highest BCUT2D eigenvalue weighted by molar-refractivity contribution is 7.11. The van der Waals surface area contributed by atoms with Gasteiger partial charge in [-0.25, -0.2) is 9.37 Å². The minimum atomic E-state index is -0.516. The van der Waals surface area contributed by atoms with Crippen LogP contribution in [0.5, 0.6) is 0 Å². The molecule has 0 bridgehead atoms. The van der Waals surface area contributed by atoms with Gasteiger partial charge < -0.3 is 5.32 Å². The average Bonchev–Trinajstić information content (AvgIpc) is 2.86. The van der Waals surface area contributed by atoms with Crippen molar-refractivity contribution in [1.82, 2.24) is 4.98 Å². The number of aryl methyl sites for hydroxylation is 3. The molecule has 3 rings (SSSR count). The smallest absolute Gasteiger partial charge is 0.258 e. The van der Waals surface area contributed by atoms with Crippen LogP contribution in [0.2, 0.25) is 0 Å². The summed E-state index contributed by atoms with van der Waals surface area (Å²) in [5, 5.41) is 3.76. The van der Waals surface area contributed by atoms with Crippen LogP contribution in [0.15, 0.2) is 42.5 Å². The van der Waals surface area contributed by atoms with E-state index in [1.165, 1.54) is 6.07 Å². The molecule has 0 aliphatic carbocycles. The summed E-state index contributed by atoms with van der Waals surface area (Å²) in [6.45, 7) is 5.73. The Labute approximate surface area is 144 Å². The zero-order valence-corrected chi connectivity index (χ0v) is 14.5. The molecule has 1 amide bonds. The molecule has 3 aromatic rings. The van der Waals surface area contributed by atoms with Crippen molar-refractivity contribution in [3.63, 3.8) is 0 Å². The number of hydrogen-bond donors (Lipinski definition) is 1. The quantitative estimate of drug-likeness (QED) is 0.718. The SMILES string of the molecule is Cc1nc(-c2ccc(NC(=O)c3c(C)cccc3F)cc2)c(C)s1. The third-order valence-corrected chi connectivity index (χ3v) is 4.65. The van der Waals surface area contributed by atoms with Crippen molar-refractivity contribution >= 4 is 22.9 Å². The number of aromatic nitrogens is 1. The Morgan fingerprint density at radius 3 is 2.38 bits per heavy atom. The van der Waals surface area contributed by atoms with Gasteiger partial charge in [-0.05, 0) is 44.5 Å². The number of amides is 1. The molecule has 0 saturated heterocycles. The number of benzene rings is 2. The molecule has 0 unspecified atom stereocenters. The maximum atomic E-state index is 13.9. The Balaban J connectivity index is 1.82. The van der Waals surface area contributed by atoms with Crippen LogP contribution in [0.1, 0.15) is 25.8 Å². The molecule has 0 fully saturated rings. The van der Waals surface area contributed by atoms with E-state index in [1.54, 1.807) is 42.5 Å². The Morgan fingerprint density at radius 2 is 1.79 bits per heavy atom. The molecule has 1 heterocycles. The first-order chi connectivity index (χ1) is 11.5. The van der Waals surface area contributed by atoms with Gasteiger partial charge in [0.2, 0.25) is 0 Å². The van der Waals surface area contributed by atoms with E-state index in [2.05, 4.69) is 10.3 Å². The Bertz CT molecular complexity index is 880. The van der Waals surface area contributed by atoms with Crippen LogP contribution in [-0.2, 0) is 0 Å². The summed E-state index contributed by atoms with van der Waals surface area (Å²) in [4.78, 5) is 18.0. The van der Waals surface area contributed by atoms with Crippen molar-refractivity contribution in [2.45, 2.75) is 20.8 Å². The van der Waals surface area contributed by atoms with E-state index in [0.717, 1.165) is 21.1 Å². The zero-order chi connectivity index (χ0) is 17.3. The van der Waals surface area contributed by atoms with Gasteiger partial charge in [-0.3, -0.25) is 4.79 Å². The molecule has 0 aliphatic rings. The first kappa shape index (κ1) is 16.3.